The number of carbonyl (C=O) groups is 1. The summed E-state index contributed by atoms with van der Waals surface area (Å²) in [6.45, 7) is 4.75. The van der Waals surface area contributed by atoms with Gasteiger partial charge in [-0.05, 0) is 49.2 Å². The van der Waals surface area contributed by atoms with Gasteiger partial charge >= 0.3 is 6.18 Å². The fourth-order valence-corrected chi connectivity index (χ4v) is 4.57. The summed E-state index contributed by atoms with van der Waals surface area (Å²) in [5, 5.41) is 10.5. The van der Waals surface area contributed by atoms with Crippen molar-refractivity contribution < 1.29 is 18.0 Å². The van der Waals surface area contributed by atoms with E-state index in [1.165, 1.54) is 6.07 Å². The first-order valence-electron chi connectivity index (χ1n) is 12.6. The highest BCUT2D eigenvalue weighted by atomic mass is 19.4. The summed E-state index contributed by atoms with van der Waals surface area (Å²) in [5.74, 6) is 0. The lowest BCUT2D eigenvalue weighted by Crippen LogP contribution is -2.42. The van der Waals surface area contributed by atoms with Gasteiger partial charge in [0.05, 0.1) is 23.1 Å². The lowest BCUT2D eigenvalue weighted by Gasteiger charge is -2.35. The Morgan fingerprint density at radius 3 is 2.45 bits per heavy atom. The van der Waals surface area contributed by atoms with E-state index in [-0.39, 0.29) is 0 Å². The predicted octanol–water partition coefficient (Wildman–Crippen LogP) is 5.53. The summed E-state index contributed by atoms with van der Waals surface area (Å²) in [6.07, 6.45) is 1.95. The number of rotatable bonds is 6. The summed E-state index contributed by atoms with van der Waals surface area (Å²) in [7, 11) is 1.66. The first-order chi connectivity index (χ1) is 18.3. The maximum atomic E-state index is 12.8. The topological polar surface area (TPSA) is 74.6 Å². The van der Waals surface area contributed by atoms with Crippen molar-refractivity contribution in [2.24, 2.45) is 0 Å². The SMILES string of the molecule is CCNC1CCN(c2ccc(C(F)(F)F)cc2NC)CC1.O=Cc1ccn2ncc(-c3ccccc3)c2n1. The predicted molar refractivity (Wildman–Crippen MR) is 144 cm³/mol. The van der Waals surface area contributed by atoms with Crippen molar-refractivity contribution in [3.05, 3.63) is 78.2 Å². The molecule has 1 saturated heterocycles. The molecule has 1 aliphatic rings. The number of carbonyl (C=O) groups excluding carboxylic acids is 1. The van der Waals surface area contributed by atoms with E-state index in [0.29, 0.717) is 23.1 Å². The van der Waals surface area contributed by atoms with Gasteiger partial charge in [-0.15, -0.1) is 0 Å². The number of nitrogens with zero attached hydrogens (tertiary/aromatic N) is 4. The van der Waals surface area contributed by atoms with E-state index in [2.05, 4.69) is 32.5 Å². The van der Waals surface area contributed by atoms with Crippen LogP contribution in [0, 0.1) is 0 Å². The van der Waals surface area contributed by atoms with Crippen LogP contribution in [0.25, 0.3) is 16.8 Å². The van der Waals surface area contributed by atoms with Crippen molar-refractivity contribution in [3.8, 4) is 11.1 Å². The number of halogens is 3. The smallest absolute Gasteiger partial charge is 0.386 e. The molecule has 5 rings (SSSR count). The van der Waals surface area contributed by atoms with Crippen molar-refractivity contribution >= 4 is 23.3 Å². The number of piperidine rings is 1. The first kappa shape index (κ1) is 27.1. The molecule has 0 aliphatic carbocycles. The average Bonchev–Trinajstić information content (AvgIpc) is 3.37. The maximum absolute atomic E-state index is 12.8. The fraction of sp³-hybridized carbons (Fsp3) is 0.321. The van der Waals surface area contributed by atoms with Crippen LogP contribution >= 0.6 is 0 Å². The van der Waals surface area contributed by atoms with Crippen molar-refractivity contribution in [2.45, 2.75) is 32.0 Å². The molecule has 0 unspecified atom stereocenters. The molecule has 1 aliphatic heterocycles. The zero-order valence-corrected chi connectivity index (χ0v) is 21.4. The Labute approximate surface area is 219 Å². The zero-order chi connectivity index (χ0) is 27.1. The van der Waals surface area contributed by atoms with Gasteiger partial charge in [0.15, 0.2) is 11.9 Å². The monoisotopic (exact) mass is 524 g/mol. The number of alkyl halides is 3. The van der Waals surface area contributed by atoms with Crippen LogP contribution < -0.4 is 15.5 Å². The number of hydrogen-bond donors (Lipinski definition) is 2. The standard InChI is InChI=1S/C15H22F3N3.C13H9N3O/c1-3-20-12-6-8-21(9-7-12)14-5-4-11(15(16,17)18)10-13(14)19-2;17-9-11-6-7-16-13(15-11)12(8-14-16)10-4-2-1-3-5-10/h4-5,10,12,19-20H,3,6-9H2,1-2H3;1-9H. The Balaban J connectivity index is 0.000000180. The zero-order valence-electron chi connectivity index (χ0n) is 21.4. The molecular weight excluding hydrogens is 493 g/mol. The minimum atomic E-state index is -4.30. The van der Waals surface area contributed by atoms with Crippen molar-refractivity contribution in [1.29, 1.82) is 0 Å². The minimum absolute atomic E-state index is 0.412. The third-order valence-corrected chi connectivity index (χ3v) is 6.52. The van der Waals surface area contributed by atoms with Gasteiger partial charge in [0.25, 0.3) is 0 Å². The lowest BCUT2D eigenvalue weighted by atomic mass is 10.0. The molecule has 0 bridgehead atoms. The summed E-state index contributed by atoms with van der Waals surface area (Å²) in [5.41, 5.74) is 3.84. The largest absolute Gasteiger partial charge is 0.416 e. The molecular formula is C28H31F3N6O. The number of hydrogen-bond acceptors (Lipinski definition) is 6. The molecule has 38 heavy (non-hydrogen) atoms. The van der Waals surface area contributed by atoms with Gasteiger partial charge in [0.2, 0.25) is 0 Å². The lowest BCUT2D eigenvalue weighted by molar-refractivity contribution is -0.137. The molecule has 3 heterocycles. The molecule has 200 valence electrons. The van der Waals surface area contributed by atoms with Crippen LogP contribution in [0.5, 0.6) is 0 Å². The van der Waals surface area contributed by atoms with Crippen LogP contribution in [-0.2, 0) is 6.18 Å². The summed E-state index contributed by atoms with van der Waals surface area (Å²) >= 11 is 0. The summed E-state index contributed by atoms with van der Waals surface area (Å²) < 4.78 is 40.0. The van der Waals surface area contributed by atoms with Crippen LogP contribution in [0.2, 0.25) is 0 Å². The molecule has 2 N–H and O–H groups in total. The van der Waals surface area contributed by atoms with Gasteiger partial charge in [-0.2, -0.15) is 18.3 Å². The Bertz CT molecular complexity index is 1350. The van der Waals surface area contributed by atoms with Gasteiger partial charge < -0.3 is 15.5 Å². The Morgan fingerprint density at radius 2 is 1.82 bits per heavy atom. The van der Waals surface area contributed by atoms with E-state index in [1.807, 2.05) is 30.3 Å². The highest BCUT2D eigenvalue weighted by Crippen LogP contribution is 2.36. The highest BCUT2D eigenvalue weighted by molar-refractivity contribution is 5.80. The molecule has 10 heteroatoms. The third kappa shape index (κ3) is 6.31. The summed E-state index contributed by atoms with van der Waals surface area (Å²) in [6, 6.07) is 15.9. The molecule has 4 aromatic rings. The number of aldehydes is 1. The van der Waals surface area contributed by atoms with E-state index in [0.717, 1.165) is 61.6 Å². The van der Waals surface area contributed by atoms with E-state index < -0.39 is 11.7 Å². The van der Waals surface area contributed by atoms with Crippen molar-refractivity contribution in [2.75, 3.05) is 36.9 Å². The quantitative estimate of drug-likeness (QED) is 0.323. The van der Waals surface area contributed by atoms with Crippen LogP contribution in [0.15, 0.2) is 67.0 Å². The molecule has 0 atom stereocenters. The van der Waals surface area contributed by atoms with Gasteiger partial charge in [0, 0.05) is 37.9 Å². The fourth-order valence-electron chi connectivity index (χ4n) is 4.57. The molecule has 2 aromatic heterocycles. The molecule has 1 fully saturated rings. The molecule has 0 amide bonds. The van der Waals surface area contributed by atoms with E-state index in [4.69, 9.17) is 0 Å². The van der Waals surface area contributed by atoms with Gasteiger partial charge in [-0.25, -0.2) is 9.50 Å². The molecule has 0 spiro atoms. The summed E-state index contributed by atoms with van der Waals surface area (Å²) in [4.78, 5) is 17.1. The van der Waals surface area contributed by atoms with Crippen LogP contribution in [-0.4, -0.2) is 53.6 Å². The molecule has 7 nitrogen and oxygen atoms in total. The van der Waals surface area contributed by atoms with Gasteiger partial charge in [-0.3, -0.25) is 4.79 Å². The van der Waals surface area contributed by atoms with Gasteiger partial charge in [0.1, 0.15) is 5.69 Å². The number of anilines is 2. The van der Waals surface area contributed by atoms with Gasteiger partial charge in [-0.1, -0.05) is 37.3 Å². The Kier molecular flexibility index (Phi) is 8.62. The second-order valence-corrected chi connectivity index (χ2v) is 8.96. The molecule has 0 radical (unpaired) electrons. The van der Waals surface area contributed by atoms with Crippen molar-refractivity contribution in [3.63, 3.8) is 0 Å². The molecule has 0 saturated carbocycles. The van der Waals surface area contributed by atoms with E-state index in [9.17, 15) is 18.0 Å². The van der Waals surface area contributed by atoms with Crippen LogP contribution in [0.4, 0.5) is 24.5 Å². The third-order valence-electron chi connectivity index (χ3n) is 6.52. The van der Waals surface area contributed by atoms with E-state index >= 15 is 0 Å². The Hall–Kier alpha value is -3.92. The number of benzene rings is 2. The maximum Gasteiger partial charge on any atom is 0.416 e. The first-order valence-corrected chi connectivity index (χ1v) is 12.6. The van der Waals surface area contributed by atoms with Crippen LogP contribution in [0.1, 0.15) is 35.8 Å². The number of aromatic nitrogens is 3. The van der Waals surface area contributed by atoms with E-state index in [1.54, 1.807) is 36.1 Å². The number of nitrogens with one attached hydrogen (secondary N) is 2. The second kappa shape index (κ2) is 12.1. The number of fused-ring (bicyclic) bond motifs is 1. The Morgan fingerprint density at radius 1 is 1.08 bits per heavy atom. The molecule has 2 aromatic carbocycles. The minimum Gasteiger partial charge on any atom is -0.386 e. The average molecular weight is 525 g/mol. The normalized spacial score (nSPS) is 14.2. The van der Waals surface area contributed by atoms with Crippen molar-refractivity contribution in [1.82, 2.24) is 19.9 Å². The second-order valence-electron chi connectivity index (χ2n) is 8.96. The highest BCUT2D eigenvalue weighted by Gasteiger charge is 2.31. The van der Waals surface area contributed by atoms with Crippen LogP contribution in [0.3, 0.4) is 0 Å².